The van der Waals surface area contributed by atoms with Gasteiger partial charge in [0.1, 0.15) is 61.8 Å². The summed E-state index contributed by atoms with van der Waals surface area (Å²) in [7, 11) is 0. The van der Waals surface area contributed by atoms with Crippen LogP contribution in [0.25, 0.3) is 0 Å². The molecule has 0 aliphatic heterocycles. The number of benzene rings is 6. The van der Waals surface area contributed by atoms with Crippen molar-refractivity contribution in [2.24, 2.45) is 0 Å². The molecule has 0 fully saturated rings. The van der Waals surface area contributed by atoms with Gasteiger partial charge in [-0.15, -0.1) is 0 Å². The van der Waals surface area contributed by atoms with E-state index in [0.29, 0.717) is 43.7 Å². The Bertz CT molecular complexity index is 2520. The molecule has 0 atom stereocenters. The molecule has 0 saturated heterocycles. The molecule has 0 bridgehead atoms. The number of rotatable bonds is 52. The van der Waals surface area contributed by atoms with Crippen molar-refractivity contribution in [3.8, 4) is 46.0 Å². The van der Waals surface area contributed by atoms with Gasteiger partial charge in [-0.2, -0.15) is 0 Å². The molecule has 476 valence electrons. The van der Waals surface area contributed by atoms with Gasteiger partial charge in [-0.25, -0.2) is 0 Å². The Labute approximate surface area is 526 Å². The minimum atomic E-state index is 0.00165. The highest BCUT2D eigenvalue weighted by molar-refractivity contribution is 5.54. The highest BCUT2D eigenvalue weighted by Crippen LogP contribution is 2.41. The average molecular weight is 1190 g/mol. The molecule has 1 N–H and O–H groups in total. The summed E-state index contributed by atoms with van der Waals surface area (Å²) in [6.45, 7) is 10.6. The van der Waals surface area contributed by atoms with Gasteiger partial charge in [0.25, 0.3) is 0 Å². The average Bonchev–Trinajstić information content (AvgIpc) is 3.55. The van der Waals surface area contributed by atoms with Gasteiger partial charge < -0.3 is 43.0 Å². The normalized spacial score (nSPS) is 11.2. The molecular weight excluding hydrogens is 1080 g/mol. The van der Waals surface area contributed by atoms with Crippen molar-refractivity contribution >= 4 is 0 Å². The number of ether oxygens (including phenoxy) is 8. The van der Waals surface area contributed by atoms with Crippen LogP contribution in [-0.2, 0) is 39.6 Å². The fourth-order valence-corrected chi connectivity index (χ4v) is 10.6. The fourth-order valence-electron chi connectivity index (χ4n) is 10.6. The molecule has 9 heteroatoms. The van der Waals surface area contributed by atoms with E-state index in [1.165, 1.54) is 173 Å². The molecule has 0 amide bonds. The maximum Gasteiger partial charge on any atom is 0.203 e. The first kappa shape index (κ1) is 69.8. The summed E-state index contributed by atoms with van der Waals surface area (Å²) < 4.78 is 51.4. The molecule has 6 rings (SSSR count). The monoisotopic (exact) mass is 1190 g/mol. The summed E-state index contributed by atoms with van der Waals surface area (Å²) in [5, 5.41) is 9.43. The van der Waals surface area contributed by atoms with Crippen molar-refractivity contribution in [3.63, 3.8) is 0 Å². The van der Waals surface area contributed by atoms with Crippen LogP contribution in [0.2, 0.25) is 0 Å². The molecule has 0 aliphatic rings. The number of unbranched alkanes of at least 4 members (excludes halogenated alkanes) is 27. The Morgan fingerprint density at radius 1 is 0.230 bits per heavy atom. The first-order valence-electron chi connectivity index (χ1n) is 34.3. The van der Waals surface area contributed by atoms with Crippen LogP contribution in [0.5, 0.6) is 46.0 Å². The molecule has 0 aromatic heterocycles. The van der Waals surface area contributed by atoms with E-state index in [1.807, 2.05) is 97.1 Å². The zero-order valence-electron chi connectivity index (χ0n) is 54.0. The van der Waals surface area contributed by atoms with Crippen LogP contribution in [0.4, 0.5) is 0 Å². The SMILES string of the molecule is CCCCCCCCCCCCOc1ccc(COc2cc(COc3ccc(COc4ccc(CO)cc4)cc3)cc(OCc3ccc(OCCCCCCCCCCCC)cc3)c2OCc2ccc(OCCCCCCCCCCCC)cc2)cc1. The molecule has 0 unspecified atom stereocenters. The van der Waals surface area contributed by atoms with E-state index in [-0.39, 0.29) is 13.2 Å². The maximum atomic E-state index is 9.43. The van der Waals surface area contributed by atoms with Gasteiger partial charge in [0, 0.05) is 0 Å². The van der Waals surface area contributed by atoms with Crippen LogP contribution in [0.3, 0.4) is 0 Å². The predicted molar refractivity (Wildman–Crippen MR) is 358 cm³/mol. The summed E-state index contributed by atoms with van der Waals surface area (Å²) in [5.41, 5.74) is 5.73. The molecule has 0 heterocycles. The second-order valence-corrected chi connectivity index (χ2v) is 23.8. The molecule has 9 nitrogen and oxygen atoms in total. The van der Waals surface area contributed by atoms with Crippen molar-refractivity contribution in [1.82, 2.24) is 0 Å². The quantitative estimate of drug-likeness (QED) is 0.0375. The lowest BCUT2D eigenvalue weighted by atomic mass is 10.1. The van der Waals surface area contributed by atoms with E-state index in [1.54, 1.807) is 0 Å². The lowest BCUT2D eigenvalue weighted by molar-refractivity contribution is 0.227. The molecule has 0 saturated carbocycles. The Morgan fingerprint density at radius 3 is 0.747 bits per heavy atom. The number of hydrogen-bond acceptors (Lipinski definition) is 9. The van der Waals surface area contributed by atoms with E-state index in [0.717, 1.165) is 101 Å². The van der Waals surface area contributed by atoms with Gasteiger partial charge in [0.15, 0.2) is 11.5 Å². The highest BCUT2D eigenvalue weighted by atomic mass is 16.5. The summed E-state index contributed by atoms with van der Waals surface area (Å²) in [6.07, 6.45) is 38.9. The molecular formula is C78H110O9. The predicted octanol–water partition coefficient (Wildman–Crippen LogP) is 22.0. The minimum Gasteiger partial charge on any atom is -0.494 e. The standard InChI is InChI=1S/C78H110O9/c1-4-7-10-13-16-19-22-25-28-31-54-80-71-46-36-67(37-47-71)61-85-76-57-70(64-84-75-52-42-66(43-53-75)60-83-74-44-34-65(59-79)35-45-74)58-77(86-62-68-38-48-72(49-39-68)81-55-32-29-26-23-20-17-14-11-8-5-2)78(76)87-63-69-40-50-73(51-41-69)82-56-33-30-27-24-21-18-15-12-9-6-3/h34-53,57-58,79H,4-33,54-56,59-64H2,1-3H3. The molecule has 6 aromatic carbocycles. The lowest BCUT2D eigenvalue weighted by Gasteiger charge is -2.20. The van der Waals surface area contributed by atoms with Crippen LogP contribution in [0.15, 0.2) is 133 Å². The second kappa shape index (κ2) is 45.0. The van der Waals surface area contributed by atoms with E-state index >= 15 is 0 Å². The van der Waals surface area contributed by atoms with E-state index in [4.69, 9.17) is 37.9 Å². The summed E-state index contributed by atoms with van der Waals surface area (Å²) in [5.74, 6) is 5.69. The van der Waals surface area contributed by atoms with Crippen LogP contribution < -0.4 is 37.9 Å². The summed E-state index contributed by atoms with van der Waals surface area (Å²) in [6, 6.07) is 44.1. The third-order valence-corrected chi connectivity index (χ3v) is 16.2. The van der Waals surface area contributed by atoms with Crippen molar-refractivity contribution in [1.29, 1.82) is 0 Å². The van der Waals surface area contributed by atoms with Crippen molar-refractivity contribution in [2.75, 3.05) is 19.8 Å². The third-order valence-electron chi connectivity index (χ3n) is 16.2. The summed E-state index contributed by atoms with van der Waals surface area (Å²) in [4.78, 5) is 0. The Balaban J connectivity index is 1.11. The van der Waals surface area contributed by atoms with Gasteiger partial charge in [-0.05, 0) is 125 Å². The van der Waals surface area contributed by atoms with Crippen LogP contribution in [0.1, 0.15) is 247 Å². The van der Waals surface area contributed by atoms with E-state index in [2.05, 4.69) is 57.2 Å². The molecule has 87 heavy (non-hydrogen) atoms. The van der Waals surface area contributed by atoms with E-state index in [9.17, 15) is 5.11 Å². The molecule has 0 aliphatic carbocycles. The Morgan fingerprint density at radius 2 is 0.460 bits per heavy atom. The molecule has 6 aromatic rings. The van der Waals surface area contributed by atoms with Gasteiger partial charge in [0.05, 0.1) is 26.4 Å². The smallest absolute Gasteiger partial charge is 0.203 e. The molecule has 0 spiro atoms. The van der Waals surface area contributed by atoms with Gasteiger partial charge in [-0.3, -0.25) is 0 Å². The van der Waals surface area contributed by atoms with Gasteiger partial charge in [0.2, 0.25) is 5.75 Å². The molecule has 0 radical (unpaired) electrons. The number of hydrogen-bond donors (Lipinski definition) is 1. The first-order valence-corrected chi connectivity index (χ1v) is 34.3. The second-order valence-electron chi connectivity index (χ2n) is 23.8. The van der Waals surface area contributed by atoms with Crippen LogP contribution in [0, 0.1) is 0 Å². The van der Waals surface area contributed by atoms with Crippen molar-refractivity contribution in [2.45, 2.75) is 253 Å². The minimum absolute atomic E-state index is 0.00165. The fraction of sp³-hybridized carbons (Fsp3) is 0.538. The topological polar surface area (TPSA) is 94.1 Å². The third kappa shape index (κ3) is 30.4. The van der Waals surface area contributed by atoms with Crippen molar-refractivity contribution in [3.05, 3.63) is 167 Å². The highest BCUT2D eigenvalue weighted by Gasteiger charge is 2.18. The Hall–Kier alpha value is -6.32. The zero-order valence-corrected chi connectivity index (χ0v) is 54.0. The van der Waals surface area contributed by atoms with Crippen LogP contribution >= 0.6 is 0 Å². The number of aliphatic hydroxyl groups is 1. The van der Waals surface area contributed by atoms with Crippen LogP contribution in [-0.4, -0.2) is 24.9 Å². The zero-order chi connectivity index (χ0) is 60.9. The largest absolute Gasteiger partial charge is 0.494 e. The van der Waals surface area contributed by atoms with Crippen molar-refractivity contribution < 1.29 is 43.0 Å². The van der Waals surface area contributed by atoms with E-state index < -0.39 is 0 Å². The summed E-state index contributed by atoms with van der Waals surface area (Å²) >= 11 is 0. The first-order chi connectivity index (χ1) is 43.0. The van der Waals surface area contributed by atoms with Gasteiger partial charge in [-0.1, -0.05) is 255 Å². The van der Waals surface area contributed by atoms with Gasteiger partial charge >= 0.3 is 0 Å². The number of aliphatic hydroxyl groups excluding tert-OH is 1. The maximum absolute atomic E-state index is 9.43. The lowest BCUT2D eigenvalue weighted by Crippen LogP contribution is -2.06. The Kier molecular flexibility index (Phi) is 36.1.